The molecule has 1 N–H and O–H groups in total. The first kappa shape index (κ1) is 17.4. The summed E-state index contributed by atoms with van der Waals surface area (Å²) in [5.74, 6) is -0.202. The fourth-order valence-electron chi connectivity index (χ4n) is 2.48. The van der Waals surface area contributed by atoms with Crippen LogP contribution in [0.25, 0.3) is 0 Å². The Balaban J connectivity index is 1.97. The standard InChI is InChI=1S/C17H15ClN2O4S/c1-25(23,24)13-5-3-12(4-6-13)20-17(22)9-7-15(19-20)11-2-8-16(21)14(18)10-11/h2-6,8,10,21H,7,9H2,1H3. The minimum Gasteiger partial charge on any atom is -0.506 e. The van der Waals surface area contributed by atoms with Gasteiger partial charge in [-0.3, -0.25) is 4.79 Å². The normalized spacial score (nSPS) is 15.2. The molecule has 1 amide bonds. The molecule has 130 valence electrons. The number of aromatic hydroxyl groups is 1. The third kappa shape index (κ3) is 3.67. The van der Waals surface area contributed by atoms with Crippen LogP contribution in [0, 0.1) is 0 Å². The van der Waals surface area contributed by atoms with Crippen LogP contribution in [0.4, 0.5) is 5.69 Å². The van der Waals surface area contributed by atoms with E-state index < -0.39 is 9.84 Å². The van der Waals surface area contributed by atoms with Crippen LogP contribution in [0.1, 0.15) is 18.4 Å². The third-order valence-electron chi connectivity index (χ3n) is 3.82. The molecule has 0 aromatic heterocycles. The summed E-state index contributed by atoms with van der Waals surface area (Å²) < 4.78 is 23.1. The van der Waals surface area contributed by atoms with E-state index in [1.165, 1.54) is 23.2 Å². The number of anilines is 1. The Morgan fingerprint density at radius 3 is 2.40 bits per heavy atom. The molecule has 0 radical (unpaired) electrons. The van der Waals surface area contributed by atoms with E-state index in [1.807, 2.05) is 0 Å². The second-order valence-electron chi connectivity index (χ2n) is 5.68. The van der Waals surface area contributed by atoms with Gasteiger partial charge in [0.1, 0.15) is 5.75 Å². The highest BCUT2D eigenvalue weighted by Gasteiger charge is 2.23. The first-order valence-electron chi connectivity index (χ1n) is 7.45. The summed E-state index contributed by atoms with van der Waals surface area (Å²) in [4.78, 5) is 12.4. The van der Waals surface area contributed by atoms with Crippen LogP contribution >= 0.6 is 11.6 Å². The Bertz CT molecular complexity index is 969. The van der Waals surface area contributed by atoms with Gasteiger partial charge in [-0.1, -0.05) is 11.6 Å². The van der Waals surface area contributed by atoms with Crippen molar-refractivity contribution in [2.45, 2.75) is 17.7 Å². The quantitative estimate of drug-likeness (QED) is 0.889. The van der Waals surface area contributed by atoms with Gasteiger partial charge in [-0.2, -0.15) is 5.10 Å². The van der Waals surface area contributed by atoms with Gasteiger partial charge in [0.2, 0.25) is 5.91 Å². The Kier molecular flexibility index (Phi) is 4.53. The largest absolute Gasteiger partial charge is 0.506 e. The number of hydrogen-bond acceptors (Lipinski definition) is 5. The molecule has 1 aliphatic rings. The predicted molar refractivity (Wildman–Crippen MR) is 95.9 cm³/mol. The van der Waals surface area contributed by atoms with Crippen LogP contribution in [0.2, 0.25) is 5.02 Å². The van der Waals surface area contributed by atoms with Crippen molar-refractivity contribution in [2.24, 2.45) is 5.10 Å². The molecule has 0 fully saturated rings. The lowest BCUT2D eigenvalue weighted by atomic mass is 10.0. The average molecular weight is 379 g/mol. The first-order chi connectivity index (χ1) is 11.8. The molecule has 8 heteroatoms. The van der Waals surface area contributed by atoms with Crippen LogP contribution in [-0.2, 0) is 14.6 Å². The number of nitrogens with zero attached hydrogens (tertiary/aromatic N) is 2. The van der Waals surface area contributed by atoms with E-state index in [1.54, 1.807) is 24.3 Å². The minimum atomic E-state index is -3.30. The number of hydrogen-bond donors (Lipinski definition) is 1. The summed E-state index contributed by atoms with van der Waals surface area (Å²) in [7, 11) is -3.30. The zero-order valence-corrected chi connectivity index (χ0v) is 14.9. The lowest BCUT2D eigenvalue weighted by Gasteiger charge is -2.24. The number of sulfone groups is 1. The second-order valence-corrected chi connectivity index (χ2v) is 8.11. The summed E-state index contributed by atoms with van der Waals surface area (Å²) in [6.45, 7) is 0. The summed E-state index contributed by atoms with van der Waals surface area (Å²) >= 11 is 5.93. The highest BCUT2D eigenvalue weighted by Crippen LogP contribution is 2.27. The highest BCUT2D eigenvalue weighted by molar-refractivity contribution is 7.90. The Morgan fingerprint density at radius 1 is 1.12 bits per heavy atom. The molecule has 0 atom stereocenters. The van der Waals surface area contributed by atoms with Gasteiger partial charge >= 0.3 is 0 Å². The molecule has 6 nitrogen and oxygen atoms in total. The summed E-state index contributed by atoms with van der Waals surface area (Å²) in [5, 5.41) is 15.4. The molecule has 0 saturated heterocycles. The van der Waals surface area contributed by atoms with Crippen LogP contribution in [0.15, 0.2) is 52.5 Å². The molecule has 3 rings (SSSR count). The smallest absolute Gasteiger partial charge is 0.247 e. The second kappa shape index (κ2) is 6.50. The molecule has 2 aromatic rings. The monoisotopic (exact) mass is 378 g/mol. The molecule has 1 aliphatic heterocycles. The van der Waals surface area contributed by atoms with E-state index >= 15 is 0 Å². The van der Waals surface area contributed by atoms with Crippen molar-refractivity contribution in [3.05, 3.63) is 53.1 Å². The van der Waals surface area contributed by atoms with Gasteiger partial charge in [-0.25, -0.2) is 13.4 Å². The van der Waals surface area contributed by atoms with Crippen LogP contribution in [-0.4, -0.2) is 31.4 Å². The average Bonchev–Trinajstić information content (AvgIpc) is 2.57. The minimum absolute atomic E-state index is 0.0221. The number of phenols is 1. The molecule has 0 spiro atoms. The maximum atomic E-state index is 12.2. The molecule has 1 heterocycles. The van der Waals surface area contributed by atoms with Gasteiger partial charge in [0.15, 0.2) is 9.84 Å². The van der Waals surface area contributed by atoms with Gasteiger partial charge in [-0.15, -0.1) is 0 Å². The number of benzene rings is 2. The van der Waals surface area contributed by atoms with E-state index in [4.69, 9.17) is 11.6 Å². The van der Waals surface area contributed by atoms with E-state index in [9.17, 15) is 18.3 Å². The summed E-state index contributed by atoms with van der Waals surface area (Å²) in [6.07, 6.45) is 1.85. The van der Waals surface area contributed by atoms with Crippen molar-refractivity contribution in [1.29, 1.82) is 0 Å². The van der Waals surface area contributed by atoms with E-state index in [0.717, 1.165) is 6.26 Å². The fraction of sp³-hybridized carbons (Fsp3) is 0.176. The van der Waals surface area contributed by atoms with E-state index in [0.29, 0.717) is 23.4 Å². The third-order valence-corrected chi connectivity index (χ3v) is 5.25. The van der Waals surface area contributed by atoms with Gasteiger partial charge < -0.3 is 5.11 Å². The van der Waals surface area contributed by atoms with Crippen molar-refractivity contribution >= 4 is 38.7 Å². The molecular weight excluding hydrogens is 364 g/mol. The number of hydrazone groups is 1. The topological polar surface area (TPSA) is 87.0 Å². The van der Waals surface area contributed by atoms with Crippen molar-refractivity contribution < 1.29 is 18.3 Å². The molecule has 2 aromatic carbocycles. The fourth-order valence-corrected chi connectivity index (χ4v) is 3.29. The van der Waals surface area contributed by atoms with Gasteiger partial charge in [-0.05, 0) is 48.0 Å². The van der Waals surface area contributed by atoms with Crippen LogP contribution in [0.5, 0.6) is 5.75 Å². The number of carbonyl (C=O) groups is 1. The summed E-state index contributed by atoms with van der Waals surface area (Å²) in [6, 6.07) is 10.7. The molecule has 0 bridgehead atoms. The molecule has 0 aliphatic carbocycles. The van der Waals surface area contributed by atoms with Crippen molar-refractivity contribution in [3.63, 3.8) is 0 Å². The Labute approximate surface area is 150 Å². The Morgan fingerprint density at radius 2 is 1.80 bits per heavy atom. The molecular formula is C17H15ClN2O4S. The number of rotatable bonds is 3. The van der Waals surface area contributed by atoms with Gasteiger partial charge in [0, 0.05) is 19.1 Å². The van der Waals surface area contributed by atoms with Crippen molar-refractivity contribution in [3.8, 4) is 5.75 Å². The lowest BCUT2D eigenvalue weighted by molar-refractivity contribution is -0.118. The number of carbonyl (C=O) groups excluding carboxylic acids is 1. The zero-order valence-electron chi connectivity index (χ0n) is 13.3. The lowest BCUT2D eigenvalue weighted by Crippen LogP contribution is -2.31. The first-order valence-corrected chi connectivity index (χ1v) is 9.72. The SMILES string of the molecule is CS(=O)(=O)c1ccc(N2N=C(c3ccc(O)c(Cl)c3)CCC2=O)cc1. The zero-order chi connectivity index (χ0) is 18.2. The molecule has 0 saturated carbocycles. The van der Waals surface area contributed by atoms with Crippen LogP contribution < -0.4 is 5.01 Å². The predicted octanol–water partition coefficient (Wildman–Crippen LogP) is 2.98. The van der Waals surface area contributed by atoms with E-state index in [-0.39, 0.29) is 28.0 Å². The van der Waals surface area contributed by atoms with Crippen molar-refractivity contribution in [2.75, 3.05) is 11.3 Å². The van der Waals surface area contributed by atoms with Gasteiger partial charge in [0.05, 0.1) is 21.3 Å². The van der Waals surface area contributed by atoms with Gasteiger partial charge in [0.25, 0.3) is 0 Å². The maximum Gasteiger partial charge on any atom is 0.247 e. The van der Waals surface area contributed by atoms with E-state index in [2.05, 4.69) is 5.10 Å². The maximum absolute atomic E-state index is 12.2. The highest BCUT2D eigenvalue weighted by atomic mass is 35.5. The number of amides is 1. The molecule has 25 heavy (non-hydrogen) atoms. The number of phenolic OH excluding ortho intramolecular Hbond substituents is 1. The van der Waals surface area contributed by atoms with Crippen molar-refractivity contribution in [1.82, 2.24) is 0 Å². The summed E-state index contributed by atoms with van der Waals surface area (Å²) in [5.41, 5.74) is 1.86. The number of halogens is 1. The van der Waals surface area contributed by atoms with Crippen LogP contribution in [0.3, 0.4) is 0 Å². The molecule has 0 unspecified atom stereocenters. The Hall–Kier alpha value is -2.38.